The summed E-state index contributed by atoms with van der Waals surface area (Å²) in [5.41, 5.74) is 9.18. The maximum atomic E-state index is 6.33. The van der Waals surface area contributed by atoms with E-state index < -0.39 is 0 Å². The summed E-state index contributed by atoms with van der Waals surface area (Å²) in [5, 5.41) is 5.90. The van der Waals surface area contributed by atoms with Crippen molar-refractivity contribution in [3.8, 4) is 11.4 Å². The maximum absolute atomic E-state index is 6.33. The van der Waals surface area contributed by atoms with Crippen molar-refractivity contribution in [2.24, 2.45) is 5.73 Å². The molecule has 0 aliphatic rings. The smallest absolute Gasteiger partial charge is 0.162 e. The van der Waals surface area contributed by atoms with Gasteiger partial charge in [0.05, 0.1) is 9.72 Å². The minimum absolute atomic E-state index is 0.0303. The van der Waals surface area contributed by atoms with Gasteiger partial charge >= 0.3 is 0 Å². The first-order valence-corrected chi connectivity index (χ1v) is 9.85. The Morgan fingerprint density at radius 2 is 1.85 bits per heavy atom. The van der Waals surface area contributed by atoms with Crippen LogP contribution in [0.25, 0.3) is 21.6 Å². The first-order chi connectivity index (χ1) is 13.2. The molecule has 0 fully saturated rings. The molecule has 0 radical (unpaired) electrons. The first kappa shape index (κ1) is 17.9. The lowest BCUT2D eigenvalue weighted by Crippen LogP contribution is -2.31. The monoisotopic (exact) mass is 395 g/mol. The molecule has 1 atom stereocenters. The van der Waals surface area contributed by atoms with E-state index in [1.807, 2.05) is 35.7 Å². The molecule has 0 bridgehead atoms. The summed E-state index contributed by atoms with van der Waals surface area (Å²) in [6, 6.07) is 14.0. The number of fused-ring (bicyclic) bond motifs is 1. The normalized spacial score (nSPS) is 12.2. The van der Waals surface area contributed by atoms with Gasteiger partial charge in [0, 0.05) is 35.9 Å². The maximum Gasteiger partial charge on any atom is 0.162 e. The Kier molecular flexibility index (Phi) is 5.29. The van der Waals surface area contributed by atoms with Gasteiger partial charge in [-0.1, -0.05) is 41.9 Å². The predicted molar refractivity (Wildman–Crippen MR) is 112 cm³/mol. The summed E-state index contributed by atoms with van der Waals surface area (Å²) in [4.78, 5) is 13.4. The summed E-state index contributed by atoms with van der Waals surface area (Å²) in [7, 11) is 0. The molecule has 0 unspecified atom stereocenters. The Balaban J connectivity index is 1.59. The fraction of sp³-hybridized carbons (Fsp3) is 0.150. The summed E-state index contributed by atoms with van der Waals surface area (Å²) >= 11 is 7.86. The van der Waals surface area contributed by atoms with Gasteiger partial charge in [-0.25, -0.2) is 9.97 Å². The Bertz CT molecular complexity index is 1040. The van der Waals surface area contributed by atoms with Gasteiger partial charge in [0.2, 0.25) is 0 Å². The minimum Gasteiger partial charge on any atom is -0.367 e. The molecule has 0 spiro atoms. The fourth-order valence-corrected chi connectivity index (χ4v) is 4.01. The molecule has 0 saturated heterocycles. The van der Waals surface area contributed by atoms with E-state index in [2.05, 4.69) is 27.4 Å². The van der Waals surface area contributed by atoms with Crippen molar-refractivity contribution in [3.63, 3.8) is 0 Å². The second kappa shape index (κ2) is 8.00. The largest absolute Gasteiger partial charge is 0.367 e. The van der Waals surface area contributed by atoms with Crippen LogP contribution in [-0.2, 0) is 6.42 Å². The number of nitrogens with one attached hydrogen (secondary N) is 1. The van der Waals surface area contributed by atoms with Crippen molar-refractivity contribution in [2.45, 2.75) is 12.5 Å². The van der Waals surface area contributed by atoms with E-state index in [4.69, 9.17) is 22.3 Å². The molecule has 5 nitrogen and oxygen atoms in total. The molecule has 7 heteroatoms. The van der Waals surface area contributed by atoms with Gasteiger partial charge in [0.1, 0.15) is 11.3 Å². The third-order valence-corrected chi connectivity index (χ3v) is 5.58. The van der Waals surface area contributed by atoms with E-state index in [1.54, 1.807) is 12.4 Å². The molecule has 0 aliphatic heterocycles. The SMILES string of the molecule is N[C@H](CNc1nc(-c2ccncc2)nc2c(Cl)csc12)Cc1ccccc1. The summed E-state index contributed by atoms with van der Waals surface area (Å²) in [6.07, 6.45) is 4.24. The molecular weight excluding hydrogens is 378 g/mol. The van der Waals surface area contributed by atoms with Crippen molar-refractivity contribution >= 4 is 39.0 Å². The van der Waals surface area contributed by atoms with Gasteiger partial charge in [-0.2, -0.15) is 0 Å². The van der Waals surface area contributed by atoms with E-state index in [-0.39, 0.29) is 6.04 Å². The van der Waals surface area contributed by atoms with E-state index in [1.165, 1.54) is 16.9 Å². The molecular formula is C20H18ClN5S. The van der Waals surface area contributed by atoms with Crippen LogP contribution in [0.15, 0.2) is 60.2 Å². The Hall–Kier alpha value is -2.54. The van der Waals surface area contributed by atoms with Gasteiger partial charge < -0.3 is 11.1 Å². The lowest BCUT2D eigenvalue weighted by atomic mass is 10.1. The second-order valence-electron chi connectivity index (χ2n) is 6.22. The highest BCUT2D eigenvalue weighted by atomic mass is 35.5. The Morgan fingerprint density at radius 1 is 1.07 bits per heavy atom. The van der Waals surface area contributed by atoms with Gasteiger partial charge in [0.15, 0.2) is 5.82 Å². The average molecular weight is 396 g/mol. The number of hydrogen-bond donors (Lipinski definition) is 2. The van der Waals surface area contributed by atoms with E-state index in [0.29, 0.717) is 17.4 Å². The molecule has 1 aromatic carbocycles. The number of anilines is 1. The molecule has 0 saturated carbocycles. The zero-order chi connectivity index (χ0) is 18.6. The molecule has 4 rings (SSSR count). The number of benzene rings is 1. The number of nitrogens with zero attached hydrogens (tertiary/aromatic N) is 3. The van der Waals surface area contributed by atoms with Gasteiger partial charge in [0.25, 0.3) is 0 Å². The van der Waals surface area contributed by atoms with Crippen LogP contribution in [0.1, 0.15) is 5.56 Å². The summed E-state index contributed by atoms with van der Waals surface area (Å²) < 4.78 is 0.935. The molecule has 27 heavy (non-hydrogen) atoms. The van der Waals surface area contributed by atoms with Crippen molar-refractivity contribution in [1.29, 1.82) is 0 Å². The summed E-state index contributed by atoms with van der Waals surface area (Å²) in [5.74, 6) is 1.37. The Labute approximate surface area is 166 Å². The highest BCUT2D eigenvalue weighted by Gasteiger charge is 2.14. The van der Waals surface area contributed by atoms with Crippen LogP contribution in [0, 0.1) is 0 Å². The zero-order valence-electron chi connectivity index (χ0n) is 14.5. The third kappa shape index (κ3) is 4.08. The van der Waals surface area contributed by atoms with Crippen molar-refractivity contribution in [3.05, 3.63) is 70.8 Å². The lowest BCUT2D eigenvalue weighted by molar-refractivity contribution is 0.698. The summed E-state index contributed by atoms with van der Waals surface area (Å²) in [6.45, 7) is 0.603. The van der Waals surface area contributed by atoms with Gasteiger partial charge in [-0.15, -0.1) is 11.3 Å². The molecule has 4 aromatic rings. The van der Waals surface area contributed by atoms with Crippen LogP contribution in [0.3, 0.4) is 0 Å². The predicted octanol–water partition coefficient (Wildman–Crippen LogP) is 4.39. The van der Waals surface area contributed by atoms with E-state index >= 15 is 0 Å². The lowest BCUT2D eigenvalue weighted by Gasteiger charge is -2.14. The standard InChI is InChI=1S/C20H18ClN5S/c21-16-12-27-18-17(16)25-19(14-6-8-23-9-7-14)26-20(18)24-11-15(22)10-13-4-2-1-3-5-13/h1-9,12,15H,10-11,22H2,(H,24,25,26)/t15-/m0/s1. The number of rotatable bonds is 6. The van der Waals surface area contributed by atoms with Crippen molar-refractivity contribution in [1.82, 2.24) is 15.0 Å². The molecule has 0 aliphatic carbocycles. The van der Waals surface area contributed by atoms with Crippen molar-refractivity contribution in [2.75, 3.05) is 11.9 Å². The molecule has 0 amide bonds. The molecule has 3 aromatic heterocycles. The Morgan fingerprint density at radius 3 is 2.63 bits per heavy atom. The van der Waals surface area contributed by atoms with Crippen LogP contribution in [0.5, 0.6) is 0 Å². The van der Waals surface area contributed by atoms with Crippen LogP contribution in [-0.4, -0.2) is 27.5 Å². The van der Waals surface area contributed by atoms with Crippen LogP contribution in [0.2, 0.25) is 5.02 Å². The number of thiophene rings is 1. The highest BCUT2D eigenvalue weighted by molar-refractivity contribution is 7.18. The average Bonchev–Trinajstić information content (AvgIpc) is 3.08. The topological polar surface area (TPSA) is 76.7 Å². The van der Waals surface area contributed by atoms with Crippen LogP contribution >= 0.6 is 22.9 Å². The third-order valence-electron chi connectivity index (χ3n) is 4.18. The minimum atomic E-state index is -0.0303. The molecule has 136 valence electrons. The first-order valence-electron chi connectivity index (χ1n) is 8.59. The highest BCUT2D eigenvalue weighted by Crippen LogP contribution is 2.34. The quantitative estimate of drug-likeness (QED) is 0.506. The van der Waals surface area contributed by atoms with Gasteiger partial charge in [-0.05, 0) is 24.1 Å². The number of halogens is 1. The van der Waals surface area contributed by atoms with E-state index in [0.717, 1.165) is 28.0 Å². The molecule has 3 heterocycles. The van der Waals surface area contributed by atoms with Crippen molar-refractivity contribution < 1.29 is 0 Å². The number of aromatic nitrogens is 3. The fourth-order valence-electron chi connectivity index (χ4n) is 2.86. The van der Waals surface area contributed by atoms with Crippen LogP contribution < -0.4 is 11.1 Å². The second-order valence-corrected chi connectivity index (χ2v) is 7.51. The number of hydrogen-bond acceptors (Lipinski definition) is 6. The zero-order valence-corrected chi connectivity index (χ0v) is 16.0. The number of pyridine rings is 1. The van der Waals surface area contributed by atoms with E-state index in [9.17, 15) is 0 Å². The van der Waals surface area contributed by atoms with Crippen LogP contribution in [0.4, 0.5) is 5.82 Å². The molecule has 3 N–H and O–H groups in total. The number of nitrogens with two attached hydrogens (primary N) is 1. The van der Waals surface area contributed by atoms with Gasteiger partial charge in [-0.3, -0.25) is 4.98 Å².